The lowest BCUT2D eigenvalue weighted by molar-refractivity contribution is 0.306. The second-order valence-corrected chi connectivity index (χ2v) is 7.84. The molecule has 158 valence electrons. The van der Waals surface area contributed by atoms with E-state index >= 15 is 0 Å². The number of halogens is 1. The van der Waals surface area contributed by atoms with Crippen LogP contribution in [0.1, 0.15) is 50.9 Å². The number of aryl methyl sites for hydroxylation is 1. The maximum Gasteiger partial charge on any atom is 0.191 e. The van der Waals surface area contributed by atoms with E-state index in [2.05, 4.69) is 39.2 Å². The van der Waals surface area contributed by atoms with Crippen molar-refractivity contribution in [3.8, 4) is 0 Å². The number of aliphatic imine (C=N–C) groups is 1. The summed E-state index contributed by atoms with van der Waals surface area (Å²) in [6, 6.07) is 7.12. The first-order valence-corrected chi connectivity index (χ1v) is 10.8. The van der Waals surface area contributed by atoms with Crippen LogP contribution in [0.2, 0.25) is 0 Å². The third kappa shape index (κ3) is 6.54. The fraction of sp³-hybridized carbons (Fsp3) is 0.591. The summed E-state index contributed by atoms with van der Waals surface area (Å²) >= 11 is 0. The molecule has 1 saturated carbocycles. The average Bonchev–Trinajstić information content (AvgIpc) is 3.18. The smallest absolute Gasteiger partial charge is 0.191 e. The van der Waals surface area contributed by atoms with Crippen LogP contribution >= 0.6 is 0 Å². The van der Waals surface area contributed by atoms with Gasteiger partial charge in [-0.15, -0.1) is 10.2 Å². The van der Waals surface area contributed by atoms with Crippen molar-refractivity contribution >= 4 is 5.96 Å². The Morgan fingerprint density at radius 3 is 2.79 bits per heavy atom. The molecular formula is C22H33FN6. The predicted octanol–water partition coefficient (Wildman–Crippen LogP) is 3.34. The van der Waals surface area contributed by atoms with E-state index in [0.717, 1.165) is 43.3 Å². The Bertz CT molecular complexity index is 770. The van der Waals surface area contributed by atoms with Gasteiger partial charge in [0.05, 0.1) is 0 Å². The lowest BCUT2D eigenvalue weighted by Crippen LogP contribution is -2.48. The highest BCUT2D eigenvalue weighted by atomic mass is 19.1. The number of hydrogen-bond donors (Lipinski definition) is 2. The summed E-state index contributed by atoms with van der Waals surface area (Å²) in [6.07, 6.45) is 8.48. The molecule has 1 aromatic carbocycles. The van der Waals surface area contributed by atoms with Crippen LogP contribution in [0.3, 0.4) is 0 Å². The summed E-state index contributed by atoms with van der Waals surface area (Å²) in [5.74, 6) is 2.30. The normalized spacial score (nSPS) is 19.9. The molecule has 1 heterocycles. The van der Waals surface area contributed by atoms with Gasteiger partial charge in [0.15, 0.2) is 5.96 Å². The third-order valence-corrected chi connectivity index (χ3v) is 5.67. The standard InChI is InChI=1S/C22H33FN6/c1-3-21-28-26-16-29(21)15-14-25-22(27-20-7-5-4-6-17(20)2)24-13-12-18-8-10-19(23)11-9-18/h8-11,16-17,20H,3-7,12-15H2,1-2H3,(H2,24,25,27). The number of benzene rings is 1. The van der Waals surface area contributed by atoms with Gasteiger partial charge >= 0.3 is 0 Å². The van der Waals surface area contributed by atoms with Crippen LogP contribution in [0.4, 0.5) is 4.39 Å². The molecule has 7 heteroatoms. The first kappa shape index (κ1) is 21.3. The Morgan fingerprint density at radius 1 is 1.24 bits per heavy atom. The van der Waals surface area contributed by atoms with Crippen molar-refractivity contribution in [2.45, 2.75) is 65.0 Å². The van der Waals surface area contributed by atoms with Crippen LogP contribution < -0.4 is 10.6 Å². The lowest BCUT2D eigenvalue weighted by Gasteiger charge is -2.31. The second-order valence-electron chi connectivity index (χ2n) is 7.84. The molecule has 0 aliphatic heterocycles. The van der Waals surface area contributed by atoms with Gasteiger partial charge in [-0.2, -0.15) is 0 Å². The molecule has 2 unspecified atom stereocenters. The first-order chi connectivity index (χ1) is 14.2. The molecule has 1 aliphatic carbocycles. The Morgan fingerprint density at radius 2 is 2.03 bits per heavy atom. The molecule has 0 saturated heterocycles. The van der Waals surface area contributed by atoms with Gasteiger partial charge in [-0.1, -0.05) is 38.8 Å². The molecule has 1 fully saturated rings. The van der Waals surface area contributed by atoms with Crippen molar-refractivity contribution in [1.82, 2.24) is 25.4 Å². The third-order valence-electron chi connectivity index (χ3n) is 5.67. The monoisotopic (exact) mass is 400 g/mol. The lowest BCUT2D eigenvalue weighted by atomic mass is 9.86. The van der Waals surface area contributed by atoms with E-state index in [4.69, 9.17) is 4.99 Å². The minimum atomic E-state index is -0.201. The number of rotatable bonds is 8. The van der Waals surface area contributed by atoms with Gasteiger partial charge in [0.2, 0.25) is 0 Å². The van der Waals surface area contributed by atoms with Gasteiger partial charge in [0, 0.05) is 32.1 Å². The highest BCUT2D eigenvalue weighted by molar-refractivity contribution is 5.80. The summed E-state index contributed by atoms with van der Waals surface area (Å²) in [4.78, 5) is 4.79. The fourth-order valence-corrected chi connectivity index (χ4v) is 3.84. The molecule has 3 rings (SSSR count). The van der Waals surface area contributed by atoms with Crippen molar-refractivity contribution in [2.75, 3.05) is 13.1 Å². The second kappa shape index (κ2) is 10.9. The average molecular weight is 401 g/mol. The number of aromatic nitrogens is 3. The van der Waals surface area contributed by atoms with Crippen LogP contribution in [-0.4, -0.2) is 39.9 Å². The molecule has 29 heavy (non-hydrogen) atoms. The molecular weight excluding hydrogens is 367 g/mol. The number of nitrogens with one attached hydrogen (secondary N) is 2. The van der Waals surface area contributed by atoms with E-state index < -0.39 is 0 Å². The quantitative estimate of drug-likeness (QED) is 0.527. The van der Waals surface area contributed by atoms with Crippen molar-refractivity contribution < 1.29 is 4.39 Å². The maximum absolute atomic E-state index is 13.1. The van der Waals surface area contributed by atoms with Crippen molar-refractivity contribution in [3.63, 3.8) is 0 Å². The van der Waals surface area contributed by atoms with Crippen LogP contribution in [-0.2, 0) is 19.4 Å². The first-order valence-electron chi connectivity index (χ1n) is 10.8. The van der Waals surface area contributed by atoms with Crippen LogP contribution in [0.15, 0.2) is 35.6 Å². The maximum atomic E-state index is 13.1. The summed E-state index contributed by atoms with van der Waals surface area (Å²) in [6.45, 7) is 6.62. The van der Waals surface area contributed by atoms with E-state index in [1.807, 2.05) is 12.1 Å². The summed E-state index contributed by atoms with van der Waals surface area (Å²) in [7, 11) is 0. The van der Waals surface area contributed by atoms with Crippen LogP contribution in [0, 0.1) is 11.7 Å². The fourth-order valence-electron chi connectivity index (χ4n) is 3.84. The van der Waals surface area contributed by atoms with Gasteiger partial charge < -0.3 is 15.2 Å². The van der Waals surface area contributed by atoms with E-state index in [1.54, 1.807) is 6.33 Å². The van der Waals surface area contributed by atoms with E-state index in [1.165, 1.54) is 37.8 Å². The van der Waals surface area contributed by atoms with Gasteiger partial charge in [-0.3, -0.25) is 4.99 Å². The highest BCUT2D eigenvalue weighted by Gasteiger charge is 2.22. The summed E-state index contributed by atoms with van der Waals surface area (Å²) < 4.78 is 15.2. The SMILES string of the molecule is CCc1nncn1CCNC(=NCCc1ccc(F)cc1)NC1CCCCC1C. The molecule has 0 radical (unpaired) electrons. The number of hydrogen-bond acceptors (Lipinski definition) is 3. The van der Waals surface area contributed by atoms with Crippen molar-refractivity contribution in [1.29, 1.82) is 0 Å². The molecule has 0 bridgehead atoms. The van der Waals surface area contributed by atoms with E-state index in [9.17, 15) is 4.39 Å². The molecule has 2 aromatic rings. The molecule has 1 aromatic heterocycles. The predicted molar refractivity (Wildman–Crippen MR) is 114 cm³/mol. The Hall–Kier alpha value is -2.44. The minimum Gasteiger partial charge on any atom is -0.355 e. The molecule has 0 amide bonds. The van der Waals surface area contributed by atoms with Gasteiger partial charge in [-0.05, 0) is 42.9 Å². The molecule has 0 spiro atoms. The van der Waals surface area contributed by atoms with Crippen molar-refractivity contribution in [3.05, 3.63) is 47.8 Å². The molecule has 6 nitrogen and oxygen atoms in total. The van der Waals surface area contributed by atoms with Crippen LogP contribution in [0.25, 0.3) is 0 Å². The summed E-state index contributed by atoms with van der Waals surface area (Å²) in [5.41, 5.74) is 1.10. The van der Waals surface area contributed by atoms with E-state index in [-0.39, 0.29) is 5.82 Å². The largest absolute Gasteiger partial charge is 0.355 e. The summed E-state index contributed by atoms with van der Waals surface area (Å²) in [5, 5.41) is 15.3. The van der Waals surface area contributed by atoms with Gasteiger partial charge in [0.1, 0.15) is 18.0 Å². The zero-order chi connectivity index (χ0) is 20.5. The van der Waals surface area contributed by atoms with Gasteiger partial charge in [0.25, 0.3) is 0 Å². The molecule has 2 atom stereocenters. The Balaban J connectivity index is 1.57. The van der Waals surface area contributed by atoms with E-state index in [0.29, 0.717) is 18.5 Å². The zero-order valence-corrected chi connectivity index (χ0v) is 17.6. The zero-order valence-electron chi connectivity index (χ0n) is 17.6. The molecule has 2 N–H and O–H groups in total. The number of guanidine groups is 1. The van der Waals surface area contributed by atoms with Crippen molar-refractivity contribution in [2.24, 2.45) is 10.9 Å². The van der Waals surface area contributed by atoms with Gasteiger partial charge in [-0.25, -0.2) is 4.39 Å². The minimum absolute atomic E-state index is 0.201. The number of nitrogens with zero attached hydrogens (tertiary/aromatic N) is 4. The van der Waals surface area contributed by atoms with Crippen LogP contribution in [0.5, 0.6) is 0 Å². The molecule has 1 aliphatic rings. The highest BCUT2D eigenvalue weighted by Crippen LogP contribution is 2.23. The Labute approximate surface area is 173 Å². The Kier molecular flexibility index (Phi) is 8.02. The topological polar surface area (TPSA) is 67.1 Å².